The number of rotatable bonds is 4. The summed E-state index contributed by atoms with van der Waals surface area (Å²) < 4.78 is 0. The van der Waals surface area contributed by atoms with Crippen LogP contribution in [-0.4, -0.2) is 28.8 Å². The lowest BCUT2D eigenvalue weighted by Crippen LogP contribution is -2.29. The summed E-state index contributed by atoms with van der Waals surface area (Å²) in [4.78, 5) is 23.0. The molecule has 0 radical (unpaired) electrons. The topological polar surface area (TPSA) is 103 Å². The number of carbonyl (C=O) groups excluding carboxylic acids is 2. The Balaban J connectivity index is 1.88. The van der Waals surface area contributed by atoms with Crippen LogP contribution < -0.4 is 10.9 Å². The zero-order valence-electron chi connectivity index (χ0n) is 10.8. The fraction of sp³-hybridized carbons (Fsp3) is 0.231. The maximum atomic E-state index is 11.6. The van der Waals surface area contributed by atoms with Crippen LogP contribution >= 0.6 is 0 Å². The van der Waals surface area contributed by atoms with Crippen LogP contribution in [0.5, 0.6) is 5.75 Å². The first-order chi connectivity index (χ1) is 9.58. The van der Waals surface area contributed by atoms with Crippen LogP contribution in [0.2, 0.25) is 0 Å². The highest BCUT2D eigenvalue weighted by molar-refractivity contribution is 6.09. The monoisotopic (exact) mass is 274 g/mol. The Bertz CT molecular complexity index is 595. The highest BCUT2D eigenvalue weighted by atomic mass is 16.3. The third-order valence-electron chi connectivity index (χ3n) is 2.88. The highest BCUT2D eigenvalue weighted by Gasteiger charge is 2.28. The van der Waals surface area contributed by atoms with Gasteiger partial charge in [0.05, 0.1) is 12.1 Å². The predicted octanol–water partition coefficient (Wildman–Crippen LogP) is 0.354. The summed E-state index contributed by atoms with van der Waals surface area (Å²) in [5.41, 5.74) is 5.69. The van der Waals surface area contributed by atoms with Crippen molar-refractivity contribution in [3.63, 3.8) is 0 Å². The molecule has 0 saturated carbocycles. The molecule has 104 valence electrons. The van der Waals surface area contributed by atoms with Crippen molar-refractivity contribution < 1.29 is 14.7 Å². The number of aromatic hydroxyl groups is 1. The Kier molecular flexibility index (Phi) is 4.09. The SMILES string of the molecule is CC1=NNC(=O)[C@H]1CC(=O)N/N=C\c1ccccc1O. The lowest BCUT2D eigenvalue weighted by atomic mass is 10.0. The van der Waals surface area contributed by atoms with Gasteiger partial charge in [-0.25, -0.2) is 10.9 Å². The van der Waals surface area contributed by atoms with E-state index in [0.717, 1.165) is 0 Å². The molecule has 1 aliphatic heterocycles. The maximum Gasteiger partial charge on any atom is 0.249 e. The molecule has 0 fully saturated rings. The normalized spacial score (nSPS) is 17.9. The molecule has 0 unspecified atom stereocenters. The second kappa shape index (κ2) is 5.96. The van der Waals surface area contributed by atoms with Gasteiger partial charge in [0.1, 0.15) is 5.75 Å². The number of amides is 2. The number of hydrogen-bond acceptors (Lipinski definition) is 5. The van der Waals surface area contributed by atoms with Gasteiger partial charge in [-0.15, -0.1) is 0 Å². The summed E-state index contributed by atoms with van der Waals surface area (Å²) in [5, 5.41) is 17.0. The lowest BCUT2D eigenvalue weighted by Gasteiger charge is -2.05. The van der Waals surface area contributed by atoms with Gasteiger partial charge in [0.15, 0.2) is 0 Å². The van der Waals surface area contributed by atoms with E-state index in [9.17, 15) is 14.7 Å². The fourth-order valence-corrected chi connectivity index (χ4v) is 1.73. The molecule has 7 nitrogen and oxygen atoms in total. The van der Waals surface area contributed by atoms with Gasteiger partial charge >= 0.3 is 0 Å². The molecular weight excluding hydrogens is 260 g/mol. The molecule has 1 heterocycles. The maximum absolute atomic E-state index is 11.6. The van der Waals surface area contributed by atoms with Gasteiger partial charge in [0.2, 0.25) is 11.8 Å². The number of benzene rings is 1. The molecule has 0 spiro atoms. The van der Waals surface area contributed by atoms with E-state index in [1.165, 1.54) is 12.3 Å². The average molecular weight is 274 g/mol. The van der Waals surface area contributed by atoms with Gasteiger partial charge in [-0.1, -0.05) is 12.1 Å². The molecule has 1 aromatic rings. The van der Waals surface area contributed by atoms with Gasteiger partial charge in [-0.2, -0.15) is 10.2 Å². The number of phenols is 1. The van der Waals surface area contributed by atoms with Crippen molar-refractivity contribution in [3.8, 4) is 5.75 Å². The van der Waals surface area contributed by atoms with Gasteiger partial charge in [0, 0.05) is 17.7 Å². The average Bonchev–Trinajstić information content (AvgIpc) is 2.73. The predicted molar refractivity (Wildman–Crippen MR) is 73.2 cm³/mol. The molecule has 2 amide bonds. The molecule has 1 aromatic carbocycles. The van der Waals surface area contributed by atoms with Crippen molar-refractivity contribution in [1.82, 2.24) is 10.9 Å². The minimum Gasteiger partial charge on any atom is -0.507 e. The van der Waals surface area contributed by atoms with Crippen molar-refractivity contribution in [2.75, 3.05) is 0 Å². The molecule has 20 heavy (non-hydrogen) atoms. The molecule has 3 N–H and O–H groups in total. The van der Waals surface area contributed by atoms with Gasteiger partial charge in [-0.05, 0) is 19.1 Å². The third-order valence-corrected chi connectivity index (χ3v) is 2.88. The number of phenolic OH excluding ortho intramolecular Hbond substituents is 1. The van der Waals surface area contributed by atoms with Crippen molar-refractivity contribution >= 4 is 23.7 Å². The number of hydrogen-bond donors (Lipinski definition) is 3. The molecule has 0 bridgehead atoms. The Hall–Kier alpha value is -2.70. The van der Waals surface area contributed by atoms with Gasteiger partial charge < -0.3 is 5.11 Å². The first kappa shape index (κ1) is 13.7. The number of nitrogens with one attached hydrogen (secondary N) is 2. The minimum atomic E-state index is -0.546. The number of carbonyl (C=O) groups is 2. The van der Waals surface area contributed by atoms with E-state index >= 15 is 0 Å². The van der Waals surface area contributed by atoms with Crippen LogP contribution in [-0.2, 0) is 9.59 Å². The Morgan fingerprint density at radius 1 is 1.55 bits per heavy atom. The van der Waals surface area contributed by atoms with E-state index in [-0.39, 0.29) is 18.1 Å². The van der Waals surface area contributed by atoms with Crippen molar-refractivity contribution in [3.05, 3.63) is 29.8 Å². The van der Waals surface area contributed by atoms with E-state index in [0.29, 0.717) is 11.3 Å². The molecule has 1 aliphatic rings. The molecule has 0 aromatic heterocycles. The first-order valence-corrected chi connectivity index (χ1v) is 6.02. The van der Waals surface area contributed by atoms with E-state index in [2.05, 4.69) is 21.1 Å². The fourth-order valence-electron chi connectivity index (χ4n) is 1.73. The first-order valence-electron chi connectivity index (χ1n) is 6.02. The summed E-state index contributed by atoms with van der Waals surface area (Å²) in [6, 6.07) is 6.61. The summed E-state index contributed by atoms with van der Waals surface area (Å²) in [5.74, 6) is -1.16. The molecular formula is C13H14N4O3. The smallest absolute Gasteiger partial charge is 0.249 e. The molecule has 7 heteroatoms. The summed E-state index contributed by atoms with van der Waals surface area (Å²) in [6.45, 7) is 1.68. The van der Waals surface area contributed by atoms with Crippen LogP contribution in [0, 0.1) is 5.92 Å². The minimum absolute atomic E-state index is 0.0146. The van der Waals surface area contributed by atoms with Gasteiger partial charge in [-0.3, -0.25) is 9.59 Å². The van der Waals surface area contributed by atoms with Crippen molar-refractivity contribution in [1.29, 1.82) is 0 Å². The van der Waals surface area contributed by atoms with Crippen LogP contribution in [0.1, 0.15) is 18.9 Å². The molecule has 0 saturated heterocycles. The lowest BCUT2D eigenvalue weighted by molar-refractivity contribution is -0.127. The Labute approximate surface area is 115 Å². The number of para-hydroxylation sites is 1. The van der Waals surface area contributed by atoms with Crippen LogP contribution in [0.3, 0.4) is 0 Å². The summed E-state index contributed by atoms with van der Waals surface area (Å²) in [6.07, 6.45) is 1.32. The highest BCUT2D eigenvalue weighted by Crippen LogP contribution is 2.13. The Morgan fingerprint density at radius 2 is 2.30 bits per heavy atom. The number of nitrogens with zero attached hydrogens (tertiary/aromatic N) is 2. The largest absolute Gasteiger partial charge is 0.507 e. The zero-order chi connectivity index (χ0) is 14.5. The van der Waals surface area contributed by atoms with Crippen molar-refractivity contribution in [2.45, 2.75) is 13.3 Å². The van der Waals surface area contributed by atoms with E-state index < -0.39 is 11.8 Å². The molecule has 0 aliphatic carbocycles. The van der Waals surface area contributed by atoms with Crippen molar-refractivity contribution in [2.24, 2.45) is 16.1 Å². The van der Waals surface area contributed by atoms with E-state index in [1.54, 1.807) is 25.1 Å². The summed E-state index contributed by atoms with van der Waals surface area (Å²) >= 11 is 0. The second-order valence-corrected chi connectivity index (χ2v) is 4.34. The van der Waals surface area contributed by atoms with Crippen LogP contribution in [0.15, 0.2) is 34.5 Å². The van der Waals surface area contributed by atoms with Gasteiger partial charge in [0.25, 0.3) is 0 Å². The molecule has 2 rings (SSSR count). The van der Waals surface area contributed by atoms with E-state index in [4.69, 9.17) is 0 Å². The standard InChI is InChI=1S/C13H14N4O3/c1-8-10(13(20)17-15-8)6-12(19)16-14-7-9-4-2-3-5-11(9)18/h2-5,7,10,18H,6H2,1H3,(H,16,19)(H,17,20)/b14-7-/t10-/m0/s1. The van der Waals surface area contributed by atoms with Crippen LogP contribution in [0.4, 0.5) is 0 Å². The zero-order valence-corrected chi connectivity index (χ0v) is 10.8. The molecule has 1 atom stereocenters. The number of hydrazone groups is 2. The summed E-state index contributed by atoms with van der Waals surface area (Å²) in [7, 11) is 0. The third kappa shape index (κ3) is 3.19. The van der Waals surface area contributed by atoms with Crippen LogP contribution in [0.25, 0.3) is 0 Å². The quantitative estimate of drug-likeness (QED) is 0.545. The van der Waals surface area contributed by atoms with E-state index in [1.807, 2.05) is 0 Å². The second-order valence-electron chi connectivity index (χ2n) is 4.34. The Morgan fingerprint density at radius 3 is 2.95 bits per heavy atom.